The number of anilines is 1. The number of hydrogen-bond donors (Lipinski definition) is 1. The Balaban J connectivity index is 1.82. The van der Waals surface area contributed by atoms with E-state index in [2.05, 4.69) is 11.6 Å². The Hall–Kier alpha value is -1.98. The first kappa shape index (κ1) is 15.9. The summed E-state index contributed by atoms with van der Waals surface area (Å²) < 4.78 is 0. The van der Waals surface area contributed by atoms with Crippen LogP contribution in [0.2, 0.25) is 0 Å². The molecule has 5 heteroatoms. The van der Waals surface area contributed by atoms with Gasteiger partial charge in [0.25, 0.3) is 5.91 Å². The number of amides is 1. The van der Waals surface area contributed by atoms with Gasteiger partial charge in [0.05, 0.1) is 18.2 Å². The molecule has 0 unspecified atom stereocenters. The molecule has 0 radical (unpaired) electrons. The van der Waals surface area contributed by atoms with E-state index < -0.39 is 0 Å². The van der Waals surface area contributed by atoms with Gasteiger partial charge in [0.1, 0.15) is 0 Å². The van der Waals surface area contributed by atoms with Crippen LogP contribution in [0.25, 0.3) is 0 Å². The normalized spacial score (nSPS) is 14.3. The zero-order chi connectivity index (χ0) is 16.2. The lowest BCUT2D eigenvalue weighted by molar-refractivity contribution is -0.114. The summed E-state index contributed by atoms with van der Waals surface area (Å²) in [6, 6.07) is 7.38. The summed E-state index contributed by atoms with van der Waals surface area (Å²) in [5.41, 5.74) is 1.55. The summed E-state index contributed by atoms with van der Waals surface area (Å²) in [5.74, 6) is 0.453. The van der Waals surface area contributed by atoms with Crippen LogP contribution < -0.4 is 4.90 Å². The first-order chi connectivity index (χ1) is 11.2. The lowest BCUT2D eigenvalue weighted by atomic mass is 9.86. The molecule has 2 aromatic rings. The third kappa shape index (κ3) is 3.51. The van der Waals surface area contributed by atoms with Crippen molar-refractivity contribution in [3.05, 3.63) is 58.6 Å². The summed E-state index contributed by atoms with van der Waals surface area (Å²) in [4.78, 5) is 19.5. The van der Waals surface area contributed by atoms with E-state index >= 15 is 0 Å². The number of carbonyl (C=O) groups excluding carboxylic acids is 1. The van der Waals surface area contributed by atoms with Crippen LogP contribution in [0.4, 0.5) is 5.69 Å². The largest absolute Gasteiger partial charge is 0.392 e. The van der Waals surface area contributed by atoms with Gasteiger partial charge in [-0.05, 0) is 36.6 Å². The first-order valence-corrected chi connectivity index (χ1v) is 8.61. The molecule has 3 rings (SSSR count). The van der Waals surface area contributed by atoms with E-state index in [4.69, 9.17) is 0 Å². The molecule has 1 aliphatic rings. The summed E-state index contributed by atoms with van der Waals surface area (Å²) in [7, 11) is 0. The van der Waals surface area contributed by atoms with Gasteiger partial charge in [-0.3, -0.25) is 4.79 Å². The van der Waals surface area contributed by atoms with E-state index in [0.717, 1.165) is 16.1 Å². The van der Waals surface area contributed by atoms with E-state index in [-0.39, 0.29) is 12.5 Å². The smallest absolute Gasteiger partial charge is 0.250 e. The lowest BCUT2D eigenvalue weighted by Crippen LogP contribution is -2.28. The van der Waals surface area contributed by atoms with Gasteiger partial charge in [-0.2, -0.15) is 0 Å². The van der Waals surface area contributed by atoms with Crippen LogP contribution in [-0.2, 0) is 17.9 Å². The summed E-state index contributed by atoms with van der Waals surface area (Å²) in [6.07, 6.45) is 6.92. The van der Waals surface area contributed by atoms with E-state index in [9.17, 15) is 9.90 Å². The van der Waals surface area contributed by atoms with Crippen LogP contribution in [-0.4, -0.2) is 16.0 Å². The highest BCUT2D eigenvalue weighted by molar-refractivity contribution is 7.11. The molecule has 1 amide bonds. The number of aliphatic hydroxyl groups excluding tert-OH is 1. The molecule has 0 bridgehead atoms. The monoisotopic (exact) mass is 328 g/mol. The number of aromatic nitrogens is 1. The summed E-state index contributed by atoms with van der Waals surface area (Å²) in [5, 5.41) is 10.5. The molecule has 120 valence electrons. The van der Waals surface area contributed by atoms with Crippen molar-refractivity contribution < 1.29 is 9.90 Å². The van der Waals surface area contributed by atoms with Crippen molar-refractivity contribution in [3.63, 3.8) is 0 Å². The first-order valence-electron chi connectivity index (χ1n) is 7.79. The van der Waals surface area contributed by atoms with E-state index in [1.165, 1.54) is 30.3 Å². The molecule has 23 heavy (non-hydrogen) atoms. The van der Waals surface area contributed by atoms with Gasteiger partial charge in [-0.15, -0.1) is 11.3 Å². The van der Waals surface area contributed by atoms with Gasteiger partial charge >= 0.3 is 0 Å². The standard InChI is InChI=1S/C18H20N2O2S/c1-2-17(22)20(15-8-3-5-13(9-15)12-21)11-16-10-19-18(23-16)14-6-4-7-14/h2-3,5,8-10,14,21H,1,4,6-7,11-12H2. The molecule has 1 aromatic carbocycles. The van der Waals surface area contributed by atoms with Gasteiger partial charge in [-0.25, -0.2) is 4.98 Å². The van der Waals surface area contributed by atoms with Crippen molar-refractivity contribution in [2.45, 2.75) is 38.3 Å². The van der Waals surface area contributed by atoms with Crippen LogP contribution in [0.5, 0.6) is 0 Å². The zero-order valence-corrected chi connectivity index (χ0v) is 13.8. The molecule has 1 heterocycles. The second-order valence-electron chi connectivity index (χ2n) is 5.75. The maximum absolute atomic E-state index is 12.3. The molecule has 1 aromatic heterocycles. The SMILES string of the molecule is C=CC(=O)N(Cc1cnc(C2CCC2)s1)c1cccc(CO)c1. The van der Waals surface area contributed by atoms with Crippen molar-refractivity contribution in [3.8, 4) is 0 Å². The number of aliphatic hydroxyl groups is 1. The van der Waals surface area contributed by atoms with Crippen LogP contribution >= 0.6 is 11.3 Å². The zero-order valence-electron chi connectivity index (χ0n) is 12.9. The maximum atomic E-state index is 12.3. The number of hydrogen-bond acceptors (Lipinski definition) is 4. The molecule has 0 atom stereocenters. The van der Waals surface area contributed by atoms with Crippen LogP contribution in [0.3, 0.4) is 0 Å². The van der Waals surface area contributed by atoms with Gasteiger partial charge in [0.15, 0.2) is 0 Å². The van der Waals surface area contributed by atoms with Crippen LogP contribution in [0, 0.1) is 0 Å². The maximum Gasteiger partial charge on any atom is 0.250 e. The minimum Gasteiger partial charge on any atom is -0.392 e. The number of benzene rings is 1. The quantitative estimate of drug-likeness (QED) is 0.824. The second kappa shape index (κ2) is 7.06. The molecule has 0 spiro atoms. The number of carbonyl (C=O) groups is 1. The fourth-order valence-electron chi connectivity index (χ4n) is 2.62. The van der Waals surface area contributed by atoms with Crippen LogP contribution in [0.1, 0.15) is 40.6 Å². The summed E-state index contributed by atoms with van der Waals surface area (Å²) in [6.45, 7) is 4.03. The van der Waals surface area contributed by atoms with Crippen molar-refractivity contribution in [2.24, 2.45) is 0 Å². The highest BCUT2D eigenvalue weighted by atomic mass is 32.1. The van der Waals surface area contributed by atoms with E-state index in [0.29, 0.717) is 12.5 Å². The van der Waals surface area contributed by atoms with E-state index in [1.54, 1.807) is 16.2 Å². The van der Waals surface area contributed by atoms with Crippen molar-refractivity contribution in [1.29, 1.82) is 0 Å². The Bertz CT molecular complexity index is 707. The predicted octanol–water partition coefficient (Wildman–Crippen LogP) is 3.62. The highest BCUT2D eigenvalue weighted by Crippen LogP contribution is 2.38. The molecular weight excluding hydrogens is 308 g/mol. The average Bonchev–Trinajstić information content (AvgIpc) is 2.98. The number of thiazole rings is 1. The van der Waals surface area contributed by atoms with Gasteiger partial charge in [0.2, 0.25) is 0 Å². The van der Waals surface area contributed by atoms with Crippen molar-refractivity contribution >= 4 is 22.9 Å². The van der Waals surface area contributed by atoms with Crippen molar-refractivity contribution in [1.82, 2.24) is 4.98 Å². The molecule has 1 aliphatic carbocycles. The average molecular weight is 328 g/mol. The molecular formula is C18H20N2O2S. The Kier molecular flexibility index (Phi) is 4.88. The molecule has 0 aliphatic heterocycles. The molecule has 1 saturated carbocycles. The highest BCUT2D eigenvalue weighted by Gasteiger charge is 2.23. The minimum atomic E-state index is -0.154. The third-order valence-electron chi connectivity index (χ3n) is 4.19. The Morgan fingerprint density at radius 3 is 2.96 bits per heavy atom. The van der Waals surface area contributed by atoms with E-state index in [1.807, 2.05) is 30.5 Å². The summed E-state index contributed by atoms with van der Waals surface area (Å²) >= 11 is 1.69. The fourth-order valence-corrected chi connectivity index (χ4v) is 3.70. The van der Waals surface area contributed by atoms with Crippen LogP contribution in [0.15, 0.2) is 43.1 Å². The van der Waals surface area contributed by atoms with Gasteiger partial charge in [0, 0.05) is 22.7 Å². The number of rotatable bonds is 6. The second-order valence-corrected chi connectivity index (χ2v) is 6.90. The lowest BCUT2D eigenvalue weighted by Gasteiger charge is -2.23. The van der Waals surface area contributed by atoms with Crippen molar-refractivity contribution in [2.75, 3.05) is 4.90 Å². The molecule has 4 nitrogen and oxygen atoms in total. The topological polar surface area (TPSA) is 53.4 Å². The molecule has 1 N–H and O–H groups in total. The fraction of sp³-hybridized carbons (Fsp3) is 0.333. The molecule has 0 saturated heterocycles. The Morgan fingerprint density at radius 2 is 2.30 bits per heavy atom. The van der Waals surface area contributed by atoms with Gasteiger partial charge in [-0.1, -0.05) is 25.1 Å². The number of nitrogens with zero attached hydrogens (tertiary/aromatic N) is 2. The molecule has 1 fully saturated rings. The Morgan fingerprint density at radius 1 is 1.48 bits per heavy atom. The Labute approximate surface area is 140 Å². The third-order valence-corrected chi connectivity index (χ3v) is 5.33. The minimum absolute atomic E-state index is 0.0453. The predicted molar refractivity (Wildman–Crippen MR) is 92.5 cm³/mol. The van der Waals surface area contributed by atoms with Gasteiger partial charge < -0.3 is 10.0 Å².